The number of hydrogen-bond acceptors (Lipinski definition) is 2. The molecule has 36 heavy (non-hydrogen) atoms. The van der Waals surface area contributed by atoms with E-state index in [4.69, 9.17) is 0 Å². The van der Waals surface area contributed by atoms with Crippen molar-refractivity contribution in [3.8, 4) is 0 Å². The molecular formula is C34H48N2. The third kappa shape index (κ3) is 8.73. The van der Waals surface area contributed by atoms with Gasteiger partial charge in [0.15, 0.2) is 0 Å². The average molecular weight is 485 g/mol. The Morgan fingerprint density at radius 3 is 0.806 bits per heavy atom. The average Bonchev–Trinajstić information content (AvgIpc) is 2.93. The fraction of sp³-hybridized carbons (Fsp3) is 0.471. The first kappa shape index (κ1) is 27.8. The van der Waals surface area contributed by atoms with Gasteiger partial charge in [0.2, 0.25) is 0 Å². The number of rotatable bonds is 16. The van der Waals surface area contributed by atoms with Crippen molar-refractivity contribution in [2.24, 2.45) is 0 Å². The molecule has 0 saturated heterocycles. The number of benzene rings is 3. The van der Waals surface area contributed by atoms with E-state index in [-0.39, 0.29) is 0 Å². The molecule has 2 heteroatoms. The van der Waals surface area contributed by atoms with Gasteiger partial charge in [0.25, 0.3) is 0 Å². The van der Waals surface area contributed by atoms with Crippen molar-refractivity contribution in [1.29, 1.82) is 0 Å². The molecule has 3 aromatic carbocycles. The smallest absolute Gasteiger partial charge is 0.0366 e. The second kappa shape index (κ2) is 15.4. The molecule has 2 nitrogen and oxygen atoms in total. The number of aryl methyl sites for hydroxylation is 4. The largest absolute Gasteiger partial charge is 0.372 e. The molecular weight excluding hydrogens is 436 g/mol. The van der Waals surface area contributed by atoms with Gasteiger partial charge in [0.05, 0.1) is 0 Å². The van der Waals surface area contributed by atoms with Crippen molar-refractivity contribution < 1.29 is 0 Å². The van der Waals surface area contributed by atoms with Gasteiger partial charge in [-0.25, -0.2) is 0 Å². The van der Waals surface area contributed by atoms with Gasteiger partial charge < -0.3 is 9.80 Å². The summed E-state index contributed by atoms with van der Waals surface area (Å²) in [6.45, 7) is 13.2. The van der Waals surface area contributed by atoms with Crippen LogP contribution in [0.3, 0.4) is 0 Å². The first-order valence-electron chi connectivity index (χ1n) is 14.4. The maximum atomic E-state index is 2.40. The highest BCUT2D eigenvalue weighted by atomic mass is 15.1. The molecule has 0 spiro atoms. The zero-order valence-electron chi connectivity index (χ0n) is 23.3. The second-order valence-corrected chi connectivity index (χ2v) is 9.91. The highest BCUT2D eigenvalue weighted by Gasteiger charge is 2.03. The topological polar surface area (TPSA) is 6.48 Å². The summed E-state index contributed by atoms with van der Waals surface area (Å²) in [5.74, 6) is 0. The minimum atomic E-state index is 1.07. The molecule has 0 aromatic heterocycles. The van der Waals surface area contributed by atoms with Crippen molar-refractivity contribution in [3.05, 3.63) is 95.1 Å². The number of unbranched alkanes of at least 4 members (excludes halogenated alkanes) is 2. The summed E-state index contributed by atoms with van der Waals surface area (Å²) >= 11 is 0. The third-order valence-electron chi connectivity index (χ3n) is 7.51. The zero-order valence-corrected chi connectivity index (χ0v) is 23.3. The minimum absolute atomic E-state index is 1.07. The highest BCUT2D eigenvalue weighted by molar-refractivity contribution is 5.48. The van der Waals surface area contributed by atoms with Gasteiger partial charge in [-0.2, -0.15) is 0 Å². The summed E-state index contributed by atoms with van der Waals surface area (Å²) < 4.78 is 0. The lowest BCUT2D eigenvalue weighted by atomic mass is 10.00. The van der Waals surface area contributed by atoms with E-state index in [1.807, 2.05) is 0 Å². The summed E-state index contributed by atoms with van der Waals surface area (Å²) in [6.07, 6.45) is 9.73. The van der Waals surface area contributed by atoms with E-state index in [2.05, 4.69) is 110 Å². The van der Waals surface area contributed by atoms with Crippen LogP contribution in [0.4, 0.5) is 11.4 Å². The molecule has 3 rings (SSSR count). The van der Waals surface area contributed by atoms with Crippen molar-refractivity contribution in [2.75, 3.05) is 36.0 Å². The SMILES string of the molecule is CCN(CC)c1ccc(CCCCc2ccc(CCCCc3ccc(N(CC)CC)cc3)cc2)cc1. The standard InChI is InChI=1S/C34H48N2/c1-5-35(6-2)33-25-21-31(22-26-33)15-11-9-13-29-17-19-30(20-18-29)14-10-12-16-32-23-27-34(28-24-32)36(7-3)8-4/h17-28H,5-16H2,1-4H3. The Morgan fingerprint density at radius 1 is 0.361 bits per heavy atom. The van der Waals surface area contributed by atoms with E-state index in [9.17, 15) is 0 Å². The van der Waals surface area contributed by atoms with Crippen LogP contribution in [0.25, 0.3) is 0 Å². The van der Waals surface area contributed by atoms with E-state index in [0.717, 1.165) is 26.2 Å². The van der Waals surface area contributed by atoms with Crippen LogP contribution in [0.5, 0.6) is 0 Å². The maximum Gasteiger partial charge on any atom is 0.0366 e. The molecule has 3 aromatic rings. The normalized spacial score (nSPS) is 11.0. The number of anilines is 2. The lowest BCUT2D eigenvalue weighted by Gasteiger charge is -2.21. The molecule has 0 aliphatic heterocycles. The van der Waals surface area contributed by atoms with Crippen LogP contribution in [0.1, 0.15) is 75.6 Å². The van der Waals surface area contributed by atoms with Gasteiger partial charge in [-0.15, -0.1) is 0 Å². The van der Waals surface area contributed by atoms with E-state index in [0.29, 0.717) is 0 Å². The van der Waals surface area contributed by atoms with Crippen LogP contribution in [0.15, 0.2) is 72.8 Å². The second-order valence-electron chi connectivity index (χ2n) is 9.91. The Morgan fingerprint density at radius 2 is 0.583 bits per heavy atom. The summed E-state index contributed by atoms with van der Waals surface area (Å²) in [6, 6.07) is 27.8. The van der Waals surface area contributed by atoms with Crippen LogP contribution in [-0.4, -0.2) is 26.2 Å². The molecule has 0 atom stereocenters. The van der Waals surface area contributed by atoms with Crippen LogP contribution in [0.2, 0.25) is 0 Å². The molecule has 0 radical (unpaired) electrons. The van der Waals surface area contributed by atoms with Gasteiger partial charge in [0, 0.05) is 37.6 Å². The molecule has 0 aliphatic carbocycles. The summed E-state index contributed by atoms with van der Waals surface area (Å²) in [5, 5.41) is 0. The van der Waals surface area contributed by atoms with E-state index in [1.54, 1.807) is 0 Å². The van der Waals surface area contributed by atoms with Crippen molar-refractivity contribution in [1.82, 2.24) is 0 Å². The van der Waals surface area contributed by atoms with Crippen molar-refractivity contribution in [3.63, 3.8) is 0 Å². The van der Waals surface area contributed by atoms with Gasteiger partial charge >= 0.3 is 0 Å². The zero-order chi connectivity index (χ0) is 25.6. The number of nitrogens with zero attached hydrogens (tertiary/aromatic N) is 2. The fourth-order valence-electron chi connectivity index (χ4n) is 5.11. The monoisotopic (exact) mass is 484 g/mol. The number of hydrogen-bond donors (Lipinski definition) is 0. The van der Waals surface area contributed by atoms with Crippen molar-refractivity contribution in [2.45, 2.75) is 79.1 Å². The molecule has 0 fully saturated rings. The molecule has 0 bridgehead atoms. The minimum Gasteiger partial charge on any atom is -0.372 e. The first-order valence-corrected chi connectivity index (χ1v) is 14.4. The van der Waals surface area contributed by atoms with Crippen LogP contribution >= 0.6 is 0 Å². The molecule has 0 aliphatic rings. The molecule has 0 saturated carbocycles. The predicted octanol–water partition coefficient (Wildman–Crippen LogP) is 8.51. The summed E-state index contributed by atoms with van der Waals surface area (Å²) in [5.41, 5.74) is 8.55. The Balaban J connectivity index is 1.31. The third-order valence-corrected chi connectivity index (χ3v) is 7.51. The lowest BCUT2D eigenvalue weighted by Crippen LogP contribution is -2.21. The Bertz CT molecular complexity index is 883. The predicted molar refractivity (Wildman–Crippen MR) is 160 cm³/mol. The molecule has 0 amide bonds. The summed E-state index contributed by atoms with van der Waals surface area (Å²) in [7, 11) is 0. The van der Waals surface area contributed by atoms with Crippen LogP contribution in [-0.2, 0) is 25.7 Å². The maximum absolute atomic E-state index is 2.40. The van der Waals surface area contributed by atoms with Gasteiger partial charge in [0.1, 0.15) is 0 Å². The van der Waals surface area contributed by atoms with Crippen molar-refractivity contribution >= 4 is 11.4 Å². The van der Waals surface area contributed by atoms with Gasteiger partial charge in [-0.05, 0) is 126 Å². The van der Waals surface area contributed by atoms with E-state index < -0.39 is 0 Å². The fourth-order valence-corrected chi connectivity index (χ4v) is 5.11. The van der Waals surface area contributed by atoms with Crippen LogP contribution < -0.4 is 9.80 Å². The quantitative estimate of drug-likeness (QED) is 0.188. The van der Waals surface area contributed by atoms with Gasteiger partial charge in [-0.3, -0.25) is 0 Å². The Labute approximate surface area is 221 Å². The molecule has 0 heterocycles. The highest BCUT2D eigenvalue weighted by Crippen LogP contribution is 2.18. The molecule has 0 N–H and O–H groups in total. The Hall–Kier alpha value is -2.74. The summed E-state index contributed by atoms with van der Waals surface area (Å²) in [4.78, 5) is 4.80. The molecule has 0 unspecified atom stereocenters. The van der Waals surface area contributed by atoms with Gasteiger partial charge in [-0.1, -0.05) is 48.5 Å². The Kier molecular flexibility index (Phi) is 11.9. The first-order chi connectivity index (χ1) is 17.7. The molecule has 194 valence electrons. The van der Waals surface area contributed by atoms with E-state index in [1.165, 1.54) is 85.0 Å². The van der Waals surface area contributed by atoms with E-state index >= 15 is 0 Å². The lowest BCUT2D eigenvalue weighted by molar-refractivity contribution is 0.728. The van der Waals surface area contributed by atoms with Crippen LogP contribution in [0, 0.1) is 0 Å².